The molecule has 4 nitrogen and oxygen atoms in total. The topological polar surface area (TPSA) is 33.1 Å². The molecular weight excluding hydrogens is 272 g/mol. The molecule has 0 spiro atoms. The molecule has 0 saturated carbocycles. The van der Waals surface area contributed by atoms with E-state index in [1.54, 1.807) is 0 Å². The van der Waals surface area contributed by atoms with E-state index < -0.39 is 0 Å². The SMILES string of the molecule is CCn1ccc(CNC2CCN(c3cccc(C)c3)CC2)n1. The first-order valence-electron chi connectivity index (χ1n) is 8.32. The van der Waals surface area contributed by atoms with Crippen LogP contribution < -0.4 is 10.2 Å². The molecule has 2 aromatic rings. The Morgan fingerprint density at radius 1 is 1.23 bits per heavy atom. The van der Waals surface area contributed by atoms with E-state index in [9.17, 15) is 0 Å². The summed E-state index contributed by atoms with van der Waals surface area (Å²) in [5, 5.41) is 8.19. The van der Waals surface area contributed by atoms with E-state index in [1.807, 2.05) is 4.68 Å². The van der Waals surface area contributed by atoms with Crippen molar-refractivity contribution in [2.24, 2.45) is 0 Å². The Morgan fingerprint density at radius 2 is 2.05 bits per heavy atom. The zero-order valence-corrected chi connectivity index (χ0v) is 13.6. The number of hydrogen-bond donors (Lipinski definition) is 1. The van der Waals surface area contributed by atoms with Crippen LogP contribution in [0.2, 0.25) is 0 Å². The molecule has 0 aliphatic carbocycles. The van der Waals surface area contributed by atoms with Crippen LogP contribution in [0.25, 0.3) is 0 Å². The Kier molecular flexibility index (Phi) is 4.78. The zero-order chi connectivity index (χ0) is 15.4. The van der Waals surface area contributed by atoms with Gasteiger partial charge in [0.25, 0.3) is 0 Å². The van der Waals surface area contributed by atoms with E-state index >= 15 is 0 Å². The lowest BCUT2D eigenvalue weighted by Crippen LogP contribution is -2.42. The molecule has 0 atom stereocenters. The van der Waals surface area contributed by atoms with Gasteiger partial charge in [0.05, 0.1) is 5.69 Å². The number of piperidine rings is 1. The van der Waals surface area contributed by atoms with Crippen LogP contribution in [0.15, 0.2) is 36.5 Å². The average molecular weight is 298 g/mol. The fourth-order valence-electron chi connectivity index (χ4n) is 3.09. The van der Waals surface area contributed by atoms with Crippen molar-refractivity contribution in [3.05, 3.63) is 47.8 Å². The Labute approximate surface area is 133 Å². The number of nitrogens with one attached hydrogen (secondary N) is 1. The van der Waals surface area contributed by atoms with Gasteiger partial charge < -0.3 is 10.2 Å². The summed E-state index contributed by atoms with van der Waals surface area (Å²) in [6.45, 7) is 8.35. The van der Waals surface area contributed by atoms with Crippen molar-refractivity contribution < 1.29 is 0 Å². The van der Waals surface area contributed by atoms with Crippen molar-refractivity contribution in [2.45, 2.75) is 45.8 Å². The first-order valence-corrected chi connectivity index (χ1v) is 8.32. The van der Waals surface area contributed by atoms with Crippen LogP contribution in [0.3, 0.4) is 0 Å². The molecule has 3 rings (SSSR count). The predicted octanol–water partition coefficient (Wildman–Crippen LogP) is 2.97. The number of aromatic nitrogens is 2. The summed E-state index contributed by atoms with van der Waals surface area (Å²) >= 11 is 0. The van der Waals surface area contributed by atoms with Gasteiger partial charge in [0, 0.05) is 44.1 Å². The summed E-state index contributed by atoms with van der Waals surface area (Å²) in [7, 11) is 0. The summed E-state index contributed by atoms with van der Waals surface area (Å²) in [6.07, 6.45) is 4.45. The van der Waals surface area contributed by atoms with Crippen LogP contribution in [0.5, 0.6) is 0 Å². The van der Waals surface area contributed by atoms with Gasteiger partial charge in [0.15, 0.2) is 0 Å². The number of rotatable bonds is 5. The third-order valence-electron chi connectivity index (χ3n) is 4.45. The maximum Gasteiger partial charge on any atom is 0.0762 e. The van der Waals surface area contributed by atoms with Crippen molar-refractivity contribution in [1.29, 1.82) is 0 Å². The molecule has 0 bridgehead atoms. The standard InChI is InChI=1S/C18H26N4/c1-3-22-12-9-17(20-22)14-19-16-7-10-21(11-8-16)18-6-4-5-15(2)13-18/h4-6,9,12-13,16,19H,3,7-8,10-11,14H2,1-2H3. The molecule has 1 aliphatic heterocycles. The molecule has 1 fully saturated rings. The summed E-state index contributed by atoms with van der Waals surface area (Å²) in [5.41, 5.74) is 3.84. The molecular formula is C18H26N4. The quantitative estimate of drug-likeness (QED) is 0.921. The van der Waals surface area contributed by atoms with Gasteiger partial charge in [-0.2, -0.15) is 5.10 Å². The highest BCUT2D eigenvalue weighted by molar-refractivity contribution is 5.48. The predicted molar refractivity (Wildman–Crippen MR) is 91.2 cm³/mol. The average Bonchev–Trinajstić information content (AvgIpc) is 3.01. The summed E-state index contributed by atoms with van der Waals surface area (Å²) in [6, 6.07) is 11.5. The fourth-order valence-corrected chi connectivity index (χ4v) is 3.09. The maximum absolute atomic E-state index is 4.53. The van der Waals surface area contributed by atoms with E-state index in [4.69, 9.17) is 0 Å². The fraction of sp³-hybridized carbons (Fsp3) is 0.500. The summed E-state index contributed by atoms with van der Waals surface area (Å²) < 4.78 is 1.98. The van der Waals surface area contributed by atoms with Gasteiger partial charge in [-0.3, -0.25) is 4.68 Å². The molecule has 2 heterocycles. The Bertz CT molecular complexity index is 597. The minimum absolute atomic E-state index is 0.604. The number of aryl methyl sites for hydroxylation is 2. The Hall–Kier alpha value is -1.81. The second-order valence-electron chi connectivity index (χ2n) is 6.14. The van der Waals surface area contributed by atoms with Gasteiger partial charge in [-0.15, -0.1) is 0 Å². The van der Waals surface area contributed by atoms with Crippen LogP contribution in [0.4, 0.5) is 5.69 Å². The van der Waals surface area contributed by atoms with Crippen molar-refractivity contribution in [2.75, 3.05) is 18.0 Å². The Morgan fingerprint density at radius 3 is 2.73 bits per heavy atom. The molecule has 22 heavy (non-hydrogen) atoms. The zero-order valence-electron chi connectivity index (χ0n) is 13.6. The van der Waals surface area contributed by atoms with E-state index in [0.29, 0.717) is 6.04 Å². The second-order valence-corrected chi connectivity index (χ2v) is 6.14. The molecule has 0 unspecified atom stereocenters. The monoisotopic (exact) mass is 298 g/mol. The van der Waals surface area contributed by atoms with Crippen LogP contribution >= 0.6 is 0 Å². The maximum atomic E-state index is 4.53. The van der Waals surface area contributed by atoms with Crippen LogP contribution in [-0.4, -0.2) is 28.9 Å². The highest BCUT2D eigenvalue weighted by Crippen LogP contribution is 2.21. The van der Waals surface area contributed by atoms with E-state index in [1.165, 1.54) is 24.1 Å². The molecule has 1 aliphatic rings. The molecule has 4 heteroatoms. The number of anilines is 1. The lowest BCUT2D eigenvalue weighted by atomic mass is 10.0. The third kappa shape index (κ3) is 3.69. The van der Waals surface area contributed by atoms with Gasteiger partial charge in [0.1, 0.15) is 0 Å². The number of nitrogens with zero attached hydrogens (tertiary/aromatic N) is 3. The number of hydrogen-bond acceptors (Lipinski definition) is 3. The van der Waals surface area contributed by atoms with Crippen molar-refractivity contribution in [3.63, 3.8) is 0 Å². The molecule has 0 radical (unpaired) electrons. The first kappa shape index (κ1) is 15.1. The molecule has 1 aromatic carbocycles. The molecule has 1 aromatic heterocycles. The second kappa shape index (κ2) is 6.97. The molecule has 1 N–H and O–H groups in total. The summed E-state index contributed by atoms with van der Waals surface area (Å²) in [5.74, 6) is 0. The largest absolute Gasteiger partial charge is 0.371 e. The lowest BCUT2D eigenvalue weighted by Gasteiger charge is -2.34. The van der Waals surface area contributed by atoms with Crippen LogP contribution in [-0.2, 0) is 13.1 Å². The van der Waals surface area contributed by atoms with Crippen LogP contribution in [0.1, 0.15) is 31.0 Å². The minimum atomic E-state index is 0.604. The molecule has 1 saturated heterocycles. The van der Waals surface area contributed by atoms with Gasteiger partial charge in [-0.1, -0.05) is 12.1 Å². The highest BCUT2D eigenvalue weighted by Gasteiger charge is 2.19. The van der Waals surface area contributed by atoms with Gasteiger partial charge >= 0.3 is 0 Å². The summed E-state index contributed by atoms with van der Waals surface area (Å²) in [4.78, 5) is 2.50. The molecule has 0 amide bonds. The van der Waals surface area contributed by atoms with Crippen molar-refractivity contribution >= 4 is 5.69 Å². The minimum Gasteiger partial charge on any atom is -0.371 e. The van der Waals surface area contributed by atoms with E-state index in [-0.39, 0.29) is 0 Å². The van der Waals surface area contributed by atoms with E-state index in [0.717, 1.165) is 31.9 Å². The third-order valence-corrected chi connectivity index (χ3v) is 4.45. The van der Waals surface area contributed by atoms with Gasteiger partial charge in [-0.25, -0.2) is 0 Å². The van der Waals surface area contributed by atoms with Crippen molar-refractivity contribution in [3.8, 4) is 0 Å². The molecule has 118 valence electrons. The normalized spacial score (nSPS) is 16.2. The Balaban J connectivity index is 1.47. The van der Waals surface area contributed by atoms with Crippen molar-refractivity contribution in [1.82, 2.24) is 15.1 Å². The van der Waals surface area contributed by atoms with Gasteiger partial charge in [-0.05, 0) is 50.5 Å². The lowest BCUT2D eigenvalue weighted by molar-refractivity contribution is 0.411. The first-order chi connectivity index (χ1) is 10.7. The van der Waals surface area contributed by atoms with Gasteiger partial charge in [0.2, 0.25) is 0 Å². The smallest absolute Gasteiger partial charge is 0.0762 e. The highest BCUT2D eigenvalue weighted by atomic mass is 15.3. The van der Waals surface area contributed by atoms with Crippen LogP contribution in [0, 0.1) is 6.92 Å². The number of benzene rings is 1. The van der Waals surface area contributed by atoms with E-state index in [2.05, 4.69) is 65.7 Å².